The van der Waals surface area contributed by atoms with Gasteiger partial charge in [-0.1, -0.05) is 0 Å². The van der Waals surface area contributed by atoms with Crippen molar-refractivity contribution in [2.24, 2.45) is 0 Å². The SMILES string of the molecule is CO[C@@H]1O[C@@H](CO)[C@H]2O[C@@H]12. The number of epoxide rings is 1. The number of hydrogen-bond acceptors (Lipinski definition) is 4. The lowest BCUT2D eigenvalue weighted by Gasteiger charge is -2.13. The Bertz CT molecular complexity index is 124. The molecule has 0 aromatic heterocycles. The van der Waals surface area contributed by atoms with Crippen molar-refractivity contribution in [2.45, 2.75) is 24.6 Å². The first kappa shape index (κ1) is 6.54. The van der Waals surface area contributed by atoms with Gasteiger partial charge in [0.2, 0.25) is 0 Å². The van der Waals surface area contributed by atoms with E-state index in [2.05, 4.69) is 0 Å². The number of aliphatic hydroxyl groups excluding tert-OH is 1. The fraction of sp³-hybridized carbons (Fsp3) is 1.00. The van der Waals surface area contributed by atoms with Gasteiger partial charge in [-0.3, -0.25) is 0 Å². The lowest BCUT2D eigenvalue weighted by molar-refractivity contribution is -0.166. The number of methoxy groups -OCH3 is 1. The second-order valence-electron chi connectivity index (χ2n) is 2.53. The Kier molecular flexibility index (Phi) is 1.42. The van der Waals surface area contributed by atoms with Gasteiger partial charge in [0.15, 0.2) is 6.29 Å². The average Bonchev–Trinajstić information content (AvgIpc) is 2.67. The molecule has 4 atom stereocenters. The molecule has 0 unspecified atom stereocenters. The number of fused-ring (bicyclic) bond motifs is 1. The van der Waals surface area contributed by atoms with Crippen LogP contribution in [0.25, 0.3) is 0 Å². The summed E-state index contributed by atoms with van der Waals surface area (Å²) in [5, 5.41) is 8.72. The van der Waals surface area contributed by atoms with E-state index >= 15 is 0 Å². The molecule has 2 aliphatic heterocycles. The minimum absolute atomic E-state index is 0.0149. The summed E-state index contributed by atoms with van der Waals surface area (Å²) in [5.74, 6) is 0. The Balaban J connectivity index is 1.95. The molecule has 1 N–H and O–H groups in total. The van der Waals surface area contributed by atoms with Crippen LogP contribution >= 0.6 is 0 Å². The summed E-state index contributed by atoms with van der Waals surface area (Å²) in [4.78, 5) is 0. The largest absolute Gasteiger partial charge is 0.394 e. The van der Waals surface area contributed by atoms with Crippen molar-refractivity contribution < 1.29 is 19.3 Å². The van der Waals surface area contributed by atoms with Crippen LogP contribution in [0.15, 0.2) is 0 Å². The summed E-state index contributed by atoms with van der Waals surface area (Å²) < 4.78 is 15.3. The van der Waals surface area contributed by atoms with Crippen LogP contribution in [-0.4, -0.2) is 43.4 Å². The maximum atomic E-state index is 8.72. The van der Waals surface area contributed by atoms with E-state index in [0.29, 0.717) is 0 Å². The normalized spacial score (nSPS) is 51.0. The number of hydrogen-bond donors (Lipinski definition) is 1. The topological polar surface area (TPSA) is 51.2 Å². The lowest BCUT2D eigenvalue weighted by atomic mass is 10.2. The summed E-state index contributed by atoms with van der Waals surface area (Å²) in [6.45, 7) is 0.0149. The van der Waals surface area contributed by atoms with Crippen molar-refractivity contribution >= 4 is 0 Å². The smallest absolute Gasteiger partial charge is 0.186 e. The first-order chi connectivity index (χ1) is 4.86. The van der Waals surface area contributed by atoms with Crippen molar-refractivity contribution in [3.63, 3.8) is 0 Å². The zero-order valence-electron chi connectivity index (χ0n) is 5.69. The number of ether oxygens (including phenoxy) is 3. The van der Waals surface area contributed by atoms with Crippen molar-refractivity contribution in [1.29, 1.82) is 0 Å². The van der Waals surface area contributed by atoms with Gasteiger partial charge in [0, 0.05) is 7.11 Å². The highest BCUT2D eigenvalue weighted by Crippen LogP contribution is 2.38. The van der Waals surface area contributed by atoms with Gasteiger partial charge in [-0.25, -0.2) is 0 Å². The molecular formula is C6H10O4. The molecule has 0 spiro atoms. The van der Waals surface area contributed by atoms with Crippen molar-refractivity contribution in [2.75, 3.05) is 13.7 Å². The zero-order chi connectivity index (χ0) is 7.14. The van der Waals surface area contributed by atoms with Crippen LogP contribution in [0, 0.1) is 0 Å². The average molecular weight is 146 g/mol. The molecule has 2 heterocycles. The van der Waals surface area contributed by atoms with Crippen LogP contribution in [0.2, 0.25) is 0 Å². The highest BCUT2D eigenvalue weighted by atomic mass is 16.8. The van der Waals surface area contributed by atoms with Gasteiger partial charge in [0.1, 0.15) is 18.3 Å². The van der Waals surface area contributed by atoms with Crippen LogP contribution in [0.1, 0.15) is 0 Å². The Morgan fingerprint density at radius 3 is 2.60 bits per heavy atom. The van der Waals surface area contributed by atoms with E-state index in [4.69, 9.17) is 19.3 Å². The van der Waals surface area contributed by atoms with Crippen LogP contribution in [0.4, 0.5) is 0 Å². The third-order valence-electron chi connectivity index (χ3n) is 1.92. The van der Waals surface area contributed by atoms with Gasteiger partial charge in [-0.2, -0.15) is 0 Å². The van der Waals surface area contributed by atoms with Crippen molar-refractivity contribution in [1.82, 2.24) is 0 Å². The van der Waals surface area contributed by atoms with Crippen LogP contribution < -0.4 is 0 Å². The van der Waals surface area contributed by atoms with Gasteiger partial charge in [0.25, 0.3) is 0 Å². The fourth-order valence-corrected chi connectivity index (χ4v) is 1.32. The second-order valence-corrected chi connectivity index (χ2v) is 2.53. The van der Waals surface area contributed by atoms with Crippen molar-refractivity contribution in [3.8, 4) is 0 Å². The third kappa shape index (κ3) is 0.769. The van der Waals surface area contributed by atoms with Crippen LogP contribution in [0.3, 0.4) is 0 Å². The Labute approximate surface area is 58.7 Å². The second kappa shape index (κ2) is 2.17. The highest BCUT2D eigenvalue weighted by Gasteiger charge is 2.58. The Morgan fingerprint density at radius 1 is 1.40 bits per heavy atom. The molecule has 2 aliphatic rings. The Morgan fingerprint density at radius 2 is 2.20 bits per heavy atom. The summed E-state index contributed by atoms with van der Waals surface area (Å²) in [7, 11) is 1.57. The number of aliphatic hydroxyl groups is 1. The van der Waals surface area contributed by atoms with E-state index in [-0.39, 0.29) is 31.2 Å². The summed E-state index contributed by atoms with van der Waals surface area (Å²) >= 11 is 0. The van der Waals surface area contributed by atoms with Gasteiger partial charge >= 0.3 is 0 Å². The molecule has 4 nitrogen and oxygen atoms in total. The number of rotatable bonds is 2. The van der Waals surface area contributed by atoms with Gasteiger partial charge < -0.3 is 19.3 Å². The molecule has 0 aliphatic carbocycles. The lowest BCUT2D eigenvalue weighted by Crippen LogP contribution is -2.23. The molecule has 0 aromatic rings. The minimum Gasteiger partial charge on any atom is -0.394 e. The highest BCUT2D eigenvalue weighted by molar-refractivity contribution is 4.99. The molecule has 0 bridgehead atoms. The predicted octanol–water partition coefficient (Wildman–Crippen LogP) is -0.883. The first-order valence-electron chi connectivity index (χ1n) is 3.31. The molecular weight excluding hydrogens is 136 g/mol. The molecule has 0 saturated carbocycles. The summed E-state index contributed by atoms with van der Waals surface area (Å²) in [5.41, 5.74) is 0. The summed E-state index contributed by atoms with van der Waals surface area (Å²) in [6, 6.07) is 0. The standard InChI is InChI=1S/C6H10O4/c1-8-6-5-4(10-5)3(2-7)9-6/h3-7H,2H2,1H3/t3-,4+,5+,6+/m0/s1. The monoisotopic (exact) mass is 146 g/mol. The van der Waals surface area contributed by atoms with Crippen molar-refractivity contribution in [3.05, 3.63) is 0 Å². The predicted molar refractivity (Wildman–Crippen MR) is 31.4 cm³/mol. The first-order valence-corrected chi connectivity index (χ1v) is 3.31. The molecule has 4 heteroatoms. The van der Waals surface area contributed by atoms with E-state index in [0.717, 1.165) is 0 Å². The fourth-order valence-electron chi connectivity index (χ4n) is 1.32. The molecule has 0 aromatic carbocycles. The molecule has 2 rings (SSSR count). The maximum Gasteiger partial charge on any atom is 0.186 e. The van der Waals surface area contributed by atoms with E-state index in [1.807, 2.05) is 0 Å². The van der Waals surface area contributed by atoms with Gasteiger partial charge in [0.05, 0.1) is 6.61 Å². The van der Waals surface area contributed by atoms with E-state index in [1.54, 1.807) is 7.11 Å². The Hall–Kier alpha value is -0.160. The zero-order valence-corrected chi connectivity index (χ0v) is 5.69. The van der Waals surface area contributed by atoms with E-state index in [9.17, 15) is 0 Å². The molecule has 10 heavy (non-hydrogen) atoms. The quantitative estimate of drug-likeness (QED) is 0.514. The van der Waals surface area contributed by atoms with Crippen LogP contribution in [-0.2, 0) is 14.2 Å². The molecule has 58 valence electrons. The van der Waals surface area contributed by atoms with E-state index < -0.39 is 0 Å². The molecule has 0 amide bonds. The van der Waals surface area contributed by atoms with Gasteiger partial charge in [-0.15, -0.1) is 0 Å². The molecule has 2 saturated heterocycles. The van der Waals surface area contributed by atoms with E-state index in [1.165, 1.54) is 0 Å². The third-order valence-corrected chi connectivity index (χ3v) is 1.92. The van der Waals surface area contributed by atoms with Gasteiger partial charge in [-0.05, 0) is 0 Å². The molecule has 0 radical (unpaired) electrons. The summed E-state index contributed by atoms with van der Waals surface area (Å²) in [6.07, 6.45) is -0.283. The molecule has 2 fully saturated rings. The maximum absolute atomic E-state index is 8.72. The minimum atomic E-state index is -0.262. The van der Waals surface area contributed by atoms with Crippen LogP contribution in [0.5, 0.6) is 0 Å².